The summed E-state index contributed by atoms with van der Waals surface area (Å²) >= 11 is 0. The van der Waals surface area contributed by atoms with E-state index in [4.69, 9.17) is 4.74 Å². The topological polar surface area (TPSA) is 64.9 Å². The number of nitrogens with one attached hydrogen (secondary N) is 1. The van der Waals surface area contributed by atoms with Crippen LogP contribution in [0.5, 0.6) is 0 Å². The first-order chi connectivity index (χ1) is 8.54. The van der Waals surface area contributed by atoms with Gasteiger partial charge in [-0.05, 0) is 43.2 Å². The minimum atomic E-state index is -0.127. The zero-order valence-corrected chi connectivity index (χ0v) is 11.7. The number of aromatic nitrogens is 4. The van der Waals surface area contributed by atoms with E-state index in [1.165, 1.54) is 0 Å². The molecule has 1 saturated heterocycles. The van der Waals surface area contributed by atoms with Crippen molar-refractivity contribution >= 4 is 0 Å². The van der Waals surface area contributed by atoms with Crippen LogP contribution in [0, 0.1) is 5.92 Å². The Bertz CT molecular complexity index is 392. The second-order valence-electron chi connectivity index (χ2n) is 5.65. The van der Waals surface area contributed by atoms with E-state index in [1.54, 1.807) is 0 Å². The predicted molar refractivity (Wildman–Crippen MR) is 68.0 cm³/mol. The molecule has 102 valence electrons. The molecule has 0 aliphatic carbocycles. The van der Waals surface area contributed by atoms with Gasteiger partial charge in [-0.1, -0.05) is 13.8 Å². The van der Waals surface area contributed by atoms with Gasteiger partial charge in [-0.3, -0.25) is 0 Å². The van der Waals surface area contributed by atoms with Crippen molar-refractivity contribution in [3.8, 4) is 0 Å². The highest BCUT2D eigenvalue weighted by Crippen LogP contribution is 2.32. The van der Waals surface area contributed by atoms with E-state index in [0.29, 0.717) is 12.5 Å². The average molecular weight is 253 g/mol. The van der Waals surface area contributed by atoms with Gasteiger partial charge in [0.25, 0.3) is 0 Å². The lowest BCUT2D eigenvalue weighted by molar-refractivity contribution is 0.0683. The van der Waals surface area contributed by atoms with Crippen molar-refractivity contribution < 1.29 is 4.74 Å². The van der Waals surface area contributed by atoms with E-state index < -0.39 is 0 Å². The summed E-state index contributed by atoms with van der Waals surface area (Å²) in [4.78, 5) is 0. The SMILES string of the molecule is CC(C)CNCc1nnnn1C1(C)CCOC1C. The molecule has 2 unspecified atom stereocenters. The Balaban J connectivity index is 2.07. The lowest BCUT2D eigenvalue weighted by Crippen LogP contribution is -2.39. The van der Waals surface area contributed by atoms with Gasteiger partial charge in [-0.25, -0.2) is 4.68 Å². The highest BCUT2D eigenvalue weighted by molar-refractivity contribution is 4.96. The van der Waals surface area contributed by atoms with Crippen LogP contribution < -0.4 is 5.32 Å². The van der Waals surface area contributed by atoms with Crippen LogP contribution in [-0.2, 0) is 16.8 Å². The minimum Gasteiger partial charge on any atom is -0.376 e. The molecule has 0 saturated carbocycles. The Labute approximate surface area is 108 Å². The molecule has 1 N–H and O–H groups in total. The van der Waals surface area contributed by atoms with Gasteiger partial charge in [-0.2, -0.15) is 0 Å². The Morgan fingerprint density at radius 3 is 2.94 bits per heavy atom. The van der Waals surface area contributed by atoms with Crippen LogP contribution in [-0.4, -0.2) is 39.5 Å². The molecule has 18 heavy (non-hydrogen) atoms. The first-order valence-corrected chi connectivity index (χ1v) is 6.64. The Kier molecular flexibility index (Phi) is 3.97. The van der Waals surface area contributed by atoms with Crippen LogP contribution in [0.2, 0.25) is 0 Å². The zero-order valence-electron chi connectivity index (χ0n) is 11.7. The van der Waals surface area contributed by atoms with Crippen LogP contribution in [0.4, 0.5) is 0 Å². The summed E-state index contributed by atoms with van der Waals surface area (Å²) in [7, 11) is 0. The standard InChI is InChI=1S/C12H23N5O/c1-9(2)7-13-8-11-14-15-16-17(11)12(4)5-6-18-10(12)3/h9-10,13H,5-8H2,1-4H3. The Hall–Kier alpha value is -1.01. The van der Waals surface area contributed by atoms with Crippen LogP contribution in [0.3, 0.4) is 0 Å². The summed E-state index contributed by atoms with van der Waals surface area (Å²) in [5.74, 6) is 1.51. The first kappa shape index (κ1) is 13.4. The molecule has 6 heteroatoms. The van der Waals surface area contributed by atoms with Crippen molar-refractivity contribution in [3.05, 3.63) is 5.82 Å². The molecule has 1 aliphatic heterocycles. The fourth-order valence-electron chi connectivity index (χ4n) is 2.29. The van der Waals surface area contributed by atoms with Gasteiger partial charge >= 0.3 is 0 Å². The molecule has 0 spiro atoms. The second-order valence-corrected chi connectivity index (χ2v) is 5.65. The number of hydrogen-bond acceptors (Lipinski definition) is 5. The van der Waals surface area contributed by atoms with Gasteiger partial charge in [0.2, 0.25) is 0 Å². The van der Waals surface area contributed by atoms with Crippen LogP contribution in [0.1, 0.15) is 39.9 Å². The monoisotopic (exact) mass is 253 g/mol. The fraction of sp³-hybridized carbons (Fsp3) is 0.917. The second kappa shape index (κ2) is 5.32. The van der Waals surface area contributed by atoms with E-state index in [-0.39, 0.29) is 11.6 Å². The molecule has 6 nitrogen and oxygen atoms in total. The van der Waals surface area contributed by atoms with E-state index in [0.717, 1.165) is 25.4 Å². The van der Waals surface area contributed by atoms with Gasteiger partial charge in [0, 0.05) is 6.61 Å². The third-order valence-electron chi connectivity index (χ3n) is 3.71. The van der Waals surface area contributed by atoms with Crippen molar-refractivity contribution in [3.63, 3.8) is 0 Å². The summed E-state index contributed by atoms with van der Waals surface area (Å²) in [5, 5.41) is 15.5. The molecule has 2 heterocycles. The maximum absolute atomic E-state index is 5.65. The van der Waals surface area contributed by atoms with Crippen molar-refractivity contribution in [2.45, 2.75) is 52.3 Å². The van der Waals surface area contributed by atoms with Crippen LogP contribution in [0.15, 0.2) is 0 Å². The molecular formula is C12H23N5O. The molecule has 0 amide bonds. The first-order valence-electron chi connectivity index (χ1n) is 6.64. The van der Waals surface area contributed by atoms with Gasteiger partial charge in [-0.15, -0.1) is 5.10 Å². The molecule has 1 aliphatic rings. The number of tetrazole rings is 1. The molecule has 2 atom stereocenters. The van der Waals surface area contributed by atoms with Gasteiger partial charge in [0.15, 0.2) is 5.82 Å². The predicted octanol–water partition coefficient (Wildman–Crippen LogP) is 0.943. The summed E-state index contributed by atoms with van der Waals surface area (Å²) < 4.78 is 7.58. The molecule has 0 radical (unpaired) electrons. The van der Waals surface area contributed by atoms with Crippen molar-refractivity contribution in [1.29, 1.82) is 0 Å². The molecule has 1 fully saturated rings. The smallest absolute Gasteiger partial charge is 0.165 e. The molecule has 2 rings (SSSR count). The maximum atomic E-state index is 5.65. The summed E-state index contributed by atoms with van der Waals surface area (Å²) in [5.41, 5.74) is -0.127. The number of hydrogen-bond donors (Lipinski definition) is 1. The molecule has 1 aromatic rings. The highest BCUT2D eigenvalue weighted by atomic mass is 16.5. The fourth-order valence-corrected chi connectivity index (χ4v) is 2.29. The lowest BCUT2D eigenvalue weighted by Gasteiger charge is -2.28. The van der Waals surface area contributed by atoms with E-state index >= 15 is 0 Å². The van der Waals surface area contributed by atoms with Gasteiger partial charge < -0.3 is 10.1 Å². The minimum absolute atomic E-state index is 0.127. The van der Waals surface area contributed by atoms with Crippen molar-refractivity contribution in [1.82, 2.24) is 25.5 Å². The molecule has 1 aromatic heterocycles. The third kappa shape index (κ3) is 2.54. The maximum Gasteiger partial charge on any atom is 0.165 e. The van der Waals surface area contributed by atoms with E-state index in [2.05, 4.69) is 48.5 Å². The highest BCUT2D eigenvalue weighted by Gasteiger charge is 2.41. The Morgan fingerprint density at radius 2 is 2.33 bits per heavy atom. The number of nitrogens with zero attached hydrogens (tertiary/aromatic N) is 4. The molecular weight excluding hydrogens is 230 g/mol. The molecule has 0 bridgehead atoms. The third-order valence-corrected chi connectivity index (χ3v) is 3.71. The van der Waals surface area contributed by atoms with Gasteiger partial charge in [0.05, 0.1) is 18.2 Å². The van der Waals surface area contributed by atoms with Crippen molar-refractivity contribution in [2.75, 3.05) is 13.2 Å². The zero-order chi connectivity index (χ0) is 13.2. The normalized spacial score (nSPS) is 28.2. The molecule has 0 aromatic carbocycles. The largest absolute Gasteiger partial charge is 0.376 e. The average Bonchev–Trinajstić information content (AvgIpc) is 2.88. The van der Waals surface area contributed by atoms with E-state index in [1.807, 2.05) is 4.68 Å². The Morgan fingerprint density at radius 1 is 1.56 bits per heavy atom. The quantitative estimate of drug-likeness (QED) is 0.846. The summed E-state index contributed by atoms with van der Waals surface area (Å²) in [6.07, 6.45) is 1.10. The number of rotatable bonds is 5. The summed E-state index contributed by atoms with van der Waals surface area (Å²) in [6.45, 7) is 11.1. The van der Waals surface area contributed by atoms with Crippen molar-refractivity contribution in [2.24, 2.45) is 5.92 Å². The van der Waals surface area contributed by atoms with Crippen LogP contribution >= 0.6 is 0 Å². The van der Waals surface area contributed by atoms with E-state index in [9.17, 15) is 0 Å². The summed E-state index contributed by atoms with van der Waals surface area (Å²) in [6, 6.07) is 0. The van der Waals surface area contributed by atoms with Crippen LogP contribution in [0.25, 0.3) is 0 Å². The lowest BCUT2D eigenvalue weighted by atomic mass is 9.95. The number of ether oxygens (including phenoxy) is 1. The van der Waals surface area contributed by atoms with Gasteiger partial charge in [0.1, 0.15) is 0 Å².